The number of halogens is 4. The predicted molar refractivity (Wildman–Crippen MR) is 139 cm³/mol. The molecule has 0 spiro atoms. The molecule has 1 unspecified atom stereocenters. The molecule has 182 valence electrons. The Morgan fingerprint density at radius 1 is 1.03 bits per heavy atom. The molecule has 0 aliphatic heterocycles. The summed E-state index contributed by atoms with van der Waals surface area (Å²) >= 11 is 16.5. The zero-order chi connectivity index (χ0) is 24.2. The summed E-state index contributed by atoms with van der Waals surface area (Å²) < 4.78 is 27.5. The van der Waals surface area contributed by atoms with Crippen molar-refractivity contribution in [3.8, 4) is 0 Å². The van der Waals surface area contributed by atoms with Gasteiger partial charge in [-0.25, -0.2) is 4.57 Å². The van der Waals surface area contributed by atoms with Crippen LogP contribution in [0.15, 0.2) is 42.0 Å². The Kier molecular flexibility index (Phi) is 16.0. The van der Waals surface area contributed by atoms with E-state index in [0.717, 1.165) is 0 Å². The van der Waals surface area contributed by atoms with Crippen molar-refractivity contribution in [1.29, 1.82) is 0 Å². The first kappa shape index (κ1) is 31.5. The number of hydrogen-bond acceptors (Lipinski definition) is 4. The van der Waals surface area contributed by atoms with Gasteiger partial charge in [0.1, 0.15) is 0 Å². The van der Waals surface area contributed by atoms with Crippen molar-refractivity contribution in [3.63, 3.8) is 0 Å². The van der Waals surface area contributed by atoms with Gasteiger partial charge in [-0.1, -0.05) is 39.1 Å². The molecule has 10 heteroatoms. The molecule has 0 radical (unpaired) electrons. The quantitative estimate of drug-likeness (QED) is 0.141. The smallest absolute Gasteiger partial charge is 0.290 e. The minimum Gasteiger partial charge on any atom is -0.290 e. The van der Waals surface area contributed by atoms with Crippen LogP contribution in [0.2, 0.25) is 0 Å². The van der Waals surface area contributed by atoms with E-state index in [4.69, 9.17) is 27.7 Å². The summed E-state index contributed by atoms with van der Waals surface area (Å²) in [4.78, 5) is 0. The van der Waals surface area contributed by atoms with Crippen LogP contribution in [0.1, 0.15) is 65.2 Å². The summed E-state index contributed by atoms with van der Waals surface area (Å²) in [5, 5.41) is -0.936. The number of phosphoric ester groups is 1. The van der Waals surface area contributed by atoms with Gasteiger partial charge < -0.3 is 0 Å². The summed E-state index contributed by atoms with van der Waals surface area (Å²) in [5.41, 5.74) is 3.42. The van der Waals surface area contributed by atoms with Crippen LogP contribution >= 0.6 is 62.9 Å². The average Bonchev–Trinajstić information content (AvgIpc) is 3.39. The Balaban J connectivity index is 0.000000347. The van der Waals surface area contributed by atoms with Crippen molar-refractivity contribution in [2.24, 2.45) is 0 Å². The van der Waals surface area contributed by atoms with Crippen LogP contribution in [0, 0.1) is 0 Å². The largest absolute Gasteiger partial charge is 0.475 e. The van der Waals surface area contributed by atoms with E-state index in [2.05, 4.69) is 79.1 Å². The third-order valence-electron chi connectivity index (χ3n) is 4.88. The van der Waals surface area contributed by atoms with Gasteiger partial charge in [0.05, 0.1) is 0 Å². The van der Waals surface area contributed by atoms with Crippen molar-refractivity contribution in [2.45, 2.75) is 73.5 Å². The van der Waals surface area contributed by atoms with Crippen LogP contribution < -0.4 is 0 Å². The first-order valence-corrected chi connectivity index (χ1v) is 17.1. The molecule has 2 aliphatic carbocycles. The summed E-state index contributed by atoms with van der Waals surface area (Å²) in [5.74, 6) is 0. The minimum absolute atomic E-state index is 0.463. The molecule has 0 amide bonds. The molecule has 4 nitrogen and oxygen atoms in total. The van der Waals surface area contributed by atoms with Gasteiger partial charge in [0.25, 0.3) is 0 Å². The molecule has 0 bridgehead atoms. The standard InChI is InChI=1S/2C9H13.C4H7Br2Cl2O4P.Zr/c2*1-2-3-6-9-7-4-5-8-9;1-10-13(9,11-2)12-3(5)4(6,7)8;/h2*4,7H,2-3,5-6H2,1H3;3H,1-2H3;. The van der Waals surface area contributed by atoms with Gasteiger partial charge in [-0.05, 0) is 15.9 Å². The van der Waals surface area contributed by atoms with E-state index in [0.29, 0.717) is 0 Å². The normalized spacial score (nSPS) is 17.1. The van der Waals surface area contributed by atoms with Crippen molar-refractivity contribution in [3.05, 3.63) is 42.0 Å². The van der Waals surface area contributed by atoms with Gasteiger partial charge >= 0.3 is 138 Å². The molecular weight excluding hydrogens is 681 g/mol. The van der Waals surface area contributed by atoms with Crippen molar-refractivity contribution >= 4 is 62.9 Å². The number of allylic oxidation sites excluding steroid dienone is 8. The third-order valence-corrected chi connectivity index (χ3v) is 13.4. The second-order valence-corrected chi connectivity index (χ2v) is 17.1. The van der Waals surface area contributed by atoms with Crippen molar-refractivity contribution in [1.82, 2.24) is 0 Å². The maximum Gasteiger partial charge on any atom is 0.475 e. The van der Waals surface area contributed by atoms with Crippen LogP contribution in [0.3, 0.4) is 0 Å². The van der Waals surface area contributed by atoms with Gasteiger partial charge in [0, 0.05) is 14.2 Å². The Bertz CT molecular complexity index is 716. The van der Waals surface area contributed by atoms with Gasteiger partial charge in [-0.15, -0.1) is 0 Å². The number of hydrogen-bond donors (Lipinski definition) is 0. The van der Waals surface area contributed by atoms with Crippen LogP contribution in [0.25, 0.3) is 0 Å². The number of rotatable bonds is 13. The molecule has 0 fully saturated rings. The molecule has 1 atom stereocenters. The molecule has 0 heterocycles. The summed E-state index contributed by atoms with van der Waals surface area (Å²) in [6.45, 7) is 4.59. The zero-order valence-electron chi connectivity index (χ0n) is 19.1. The molecule has 0 saturated heterocycles. The Morgan fingerprint density at radius 2 is 1.47 bits per heavy atom. The number of phosphoric acid groups is 1. The molecule has 2 aliphatic rings. The minimum atomic E-state index is -3.58. The van der Waals surface area contributed by atoms with Gasteiger partial charge in [0.2, 0.25) is 3.24 Å². The summed E-state index contributed by atoms with van der Waals surface area (Å²) in [6, 6.07) is 0. The monoisotopic (exact) mass is 710 g/mol. The van der Waals surface area contributed by atoms with Crippen LogP contribution in [-0.2, 0) is 41.4 Å². The second kappa shape index (κ2) is 16.3. The van der Waals surface area contributed by atoms with E-state index < -0.39 is 39.3 Å². The topological polar surface area (TPSA) is 44.8 Å². The molecule has 0 aromatic carbocycles. The van der Waals surface area contributed by atoms with Crippen LogP contribution in [-0.4, -0.2) is 22.5 Å². The Hall–Kier alpha value is 1.49. The molecule has 0 saturated carbocycles. The molecular formula is C22H33Br2Cl2O4PZr. The fourth-order valence-corrected chi connectivity index (χ4v) is 8.64. The van der Waals surface area contributed by atoms with Crippen molar-refractivity contribution < 1.29 is 41.4 Å². The maximum atomic E-state index is 11.4. The van der Waals surface area contributed by atoms with Gasteiger partial charge in [-0.3, -0.25) is 13.6 Å². The Labute approximate surface area is 232 Å². The maximum absolute atomic E-state index is 11.4. The van der Waals surface area contributed by atoms with E-state index in [9.17, 15) is 4.57 Å². The fourth-order valence-electron chi connectivity index (χ4n) is 3.08. The van der Waals surface area contributed by atoms with Crippen molar-refractivity contribution in [2.75, 3.05) is 14.2 Å². The van der Waals surface area contributed by atoms with Crippen LogP contribution in [0.5, 0.6) is 0 Å². The molecule has 0 aromatic heterocycles. The average molecular weight is 714 g/mol. The zero-order valence-corrected chi connectivity index (χ0v) is 27.2. The second-order valence-electron chi connectivity index (χ2n) is 7.33. The molecule has 0 aromatic rings. The first-order valence-electron chi connectivity index (χ1n) is 10.7. The fraction of sp³-hybridized carbons (Fsp3) is 0.636. The Morgan fingerprint density at radius 3 is 1.81 bits per heavy atom. The summed E-state index contributed by atoms with van der Waals surface area (Å²) in [6.07, 6.45) is 20.2. The summed E-state index contributed by atoms with van der Waals surface area (Å²) in [7, 11) is -1.21. The molecule has 0 N–H and O–H groups in total. The van der Waals surface area contributed by atoms with E-state index in [-0.39, 0.29) is 0 Å². The van der Waals surface area contributed by atoms with E-state index in [1.54, 1.807) is 11.1 Å². The molecule has 2 rings (SSSR count). The van der Waals surface area contributed by atoms with E-state index in [1.807, 2.05) is 6.56 Å². The number of alkyl halides is 4. The number of unbranched alkanes of at least 4 members (excludes halogenated alkanes) is 2. The van der Waals surface area contributed by atoms with E-state index >= 15 is 0 Å². The first-order chi connectivity index (χ1) is 15.1. The van der Waals surface area contributed by atoms with Gasteiger partial charge in [0.15, 0.2) is 5.01 Å². The molecule has 32 heavy (non-hydrogen) atoms. The van der Waals surface area contributed by atoms with Gasteiger partial charge in [-0.2, -0.15) is 0 Å². The SMILES string of the molecule is CCCCC1=[C]([Zr][C]2=C(CCCC)C=CC2)CC=C1.COP(=O)(OC)OC(Br)C(Cl)(Cl)Br. The van der Waals surface area contributed by atoms with E-state index in [1.165, 1.54) is 65.6 Å². The predicted octanol–water partition coefficient (Wildman–Crippen LogP) is 9.53. The third kappa shape index (κ3) is 11.5. The van der Waals surface area contributed by atoms with Crippen LogP contribution in [0.4, 0.5) is 0 Å².